The standard InChI is InChI=1S/C22H23NO3/c1-14-11-15(2)13-18(12-14)26-17-9-7-16(8-10-17)23-21(24)19-5-3-4-6-20(19)22(23)25/h7-13,19-20H,3-6H2,1-2H3/t19-,20-/m0/s1. The normalized spacial score (nSPS) is 22.5. The molecule has 1 saturated carbocycles. The van der Waals surface area contributed by atoms with E-state index in [4.69, 9.17) is 4.74 Å². The third-order valence-electron chi connectivity index (χ3n) is 5.37. The molecule has 2 atom stereocenters. The number of fused-ring (bicyclic) bond motifs is 1. The maximum Gasteiger partial charge on any atom is 0.237 e. The van der Waals surface area contributed by atoms with Gasteiger partial charge in [0.1, 0.15) is 11.5 Å². The molecule has 0 aromatic heterocycles. The molecule has 4 nitrogen and oxygen atoms in total. The minimum Gasteiger partial charge on any atom is -0.457 e. The highest BCUT2D eigenvalue weighted by atomic mass is 16.5. The number of rotatable bonds is 3. The van der Waals surface area contributed by atoms with Gasteiger partial charge in [0.05, 0.1) is 17.5 Å². The quantitative estimate of drug-likeness (QED) is 0.750. The lowest BCUT2D eigenvalue weighted by Gasteiger charge is -2.19. The number of hydrogen-bond acceptors (Lipinski definition) is 3. The zero-order chi connectivity index (χ0) is 18.3. The van der Waals surface area contributed by atoms with E-state index in [1.165, 1.54) is 4.90 Å². The lowest BCUT2D eigenvalue weighted by molar-refractivity contribution is -0.122. The number of carbonyl (C=O) groups excluding carboxylic acids is 2. The number of benzene rings is 2. The predicted octanol–water partition coefficient (Wildman–Crippen LogP) is 4.78. The van der Waals surface area contributed by atoms with Crippen molar-refractivity contribution in [2.24, 2.45) is 11.8 Å². The number of ether oxygens (including phenoxy) is 1. The van der Waals surface area contributed by atoms with Crippen LogP contribution in [0.1, 0.15) is 36.8 Å². The first-order chi connectivity index (χ1) is 12.5. The van der Waals surface area contributed by atoms with E-state index in [1.807, 2.05) is 38.1 Å². The molecule has 1 heterocycles. The fourth-order valence-corrected chi connectivity index (χ4v) is 4.21. The maximum atomic E-state index is 12.7. The van der Waals surface area contributed by atoms with Gasteiger partial charge in [-0.05, 0) is 74.2 Å². The Balaban J connectivity index is 1.54. The molecule has 2 fully saturated rings. The topological polar surface area (TPSA) is 46.6 Å². The highest BCUT2D eigenvalue weighted by Crippen LogP contribution is 2.40. The van der Waals surface area contributed by atoms with Crippen LogP contribution in [0.4, 0.5) is 5.69 Å². The molecule has 2 aromatic carbocycles. The number of amides is 2. The van der Waals surface area contributed by atoms with Gasteiger partial charge in [0.15, 0.2) is 0 Å². The summed E-state index contributed by atoms with van der Waals surface area (Å²) in [6.45, 7) is 4.07. The van der Waals surface area contributed by atoms with Gasteiger partial charge >= 0.3 is 0 Å². The van der Waals surface area contributed by atoms with Crippen molar-refractivity contribution in [3.05, 3.63) is 53.6 Å². The molecule has 4 rings (SSSR count). The third kappa shape index (κ3) is 3.00. The number of anilines is 1. The van der Waals surface area contributed by atoms with Gasteiger partial charge in [-0.2, -0.15) is 0 Å². The summed E-state index contributed by atoms with van der Waals surface area (Å²) in [5.74, 6) is 1.15. The number of imide groups is 1. The second-order valence-electron chi connectivity index (χ2n) is 7.43. The molecular weight excluding hydrogens is 326 g/mol. The zero-order valence-electron chi connectivity index (χ0n) is 15.2. The van der Waals surface area contributed by atoms with Crippen molar-refractivity contribution in [3.63, 3.8) is 0 Å². The Bertz CT molecular complexity index is 812. The minimum atomic E-state index is -0.123. The molecule has 1 aliphatic heterocycles. The van der Waals surface area contributed by atoms with Crippen LogP contribution in [-0.4, -0.2) is 11.8 Å². The van der Waals surface area contributed by atoms with E-state index in [9.17, 15) is 9.59 Å². The molecule has 2 aromatic rings. The van der Waals surface area contributed by atoms with E-state index < -0.39 is 0 Å². The van der Waals surface area contributed by atoms with E-state index in [-0.39, 0.29) is 23.7 Å². The van der Waals surface area contributed by atoms with Gasteiger partial charge in [0.25, 0.3) is 0 Å². The van der Waals surface area contributed by atoms with Gasteiger partial charge < -0.3 is 4.74 Å². The summed E-state index contributed by atoms with van der Waals surface area (Å²) >= 11 is 0. The van der Waals surface area contributed by atoms with Gasteiger partial charge in [-0.3, -0.25) is 14.5 Å². The SMILES string of the molecule is Cc1cc(C)cc(Oc2ccc(N3C(=O)[C@H]4CCCC[C@@H]4C3=O)cc2)c1. The van der Waals surface area contributed by atoms with Crippen molar-refractivity contribution in [1.29, 1.82) is 0 Å². The van der Waals surface area contributed by atoms with Crippen LogP contribution in [-0.2, 0) is 9.59 Å². The summed E-state index contributed by atoms with van der Waals surface area (Å²) in [4.78, 5) is 26.7. The first-order valence-corrected chi connectivity index (χ1v) is 9.27. The third-order valence-corrected chi connectivity index (χ3v) is 5.37. The molecule has 2 amide bonds. The molecular formula is C22H23NO3. The lowest BCUT2D eigenvalue weighted by atomic mass is 9.81. The Morgan fingerprint density at radius 1 is 0.808 bits per heavy atom. The molecule has 1 aliphatic carbocycles. The first-order valence-electron chi connectivity index (χ1n) is 9.27. The highest BCUT2D eigenvalue weighted by Gasteiger charge is 2.48. The van der Waals surface area contributed by atoms with Crippen LogP contribution in [0.25, 0.3) is 0 Å². The van der Waals surface area contributed by atoms with Crippen molar-refractivity contribution < 1.29 is 14.3 Å². The van der Waals surface area contributed by atoms with Gasteiger partial charge in [0, 0.05) is 0 Å². The van der Waals surface area contributed by atoms with Crippen molar-refractivity contribution in [2.45, 2.75) is 39.5 Å². The second kappa shape index (κ2) is 6.60. The van der Waals surface area contributed by atoms with Gasteiger partial charge in [-0.25, -0.2) is 0 Å². The monoisotopic (exact) mass is 349 g/mol. The summed E-state index contributed by atoms with van der Waals surface area (Å²) in [7, 11) is 0. The Kier molecular flexibility index (Phi) is 4.27. The number of hydrogen-bond donors (Lipinski definition) is 0. The molecule has 0 bridgehead atoms. The smallest absolute Gasteiger partial charge is 0.237 e. The molecule has 1 saturated heterocycles. The molecule has 134 valence electrons. The van der Waals surface area contributed by atoms with E-state index in [2.05, 4.69) is 6.07 Å². The number of carbonyl (C=O) groups is 2. The number of aryl methyl sites for hydroxylation is 2. The van der Waals surface area contributed by atoms with Gasteiger partial charge in [-0.1, -0.05) is 18.9 Å². The molecule has 4 heteroatoms. The molecule has 0 radical (unpaired) electrons. The van der Waals surface area contributed by atoms with Crippen molar-refractivity contribution in [1.82, 2.24) is 0 Å². The van der Waals surface area contributed by atoms with Crippen LogP contribution in [0.3, 0.4) is 0 Å². The second-order valence-corrected chi connectivity index (χ2v) is 7.43. The van der Waals surface area contributed by atoms with Crippen molar-refractivity contribution >= 4 is 17.5 Å². The largest absolute Gasteiger partial charge is 0.457 e. The minimum absolute atomic E-state index is 0.0392. The molecule has 2 aliphatic rings. The Hall–Kier alpha value is -2.62. The fourth-order valence-electron chi connectivity index (χ4n) is 4.21. The Labute approximate surface area is 153 Å². The predicted molar refractivity (Wildman–Crippen MR) is 100 cm³/mol. The van der Waals surface area contributed by atoms with E-state index in [0.29, 0.717) is 11.4 Å². The summed E-state index contributed by atoms with van der Waals surface area (Å²) < 4.78 is 5.92. The van der Waals surface area contributed by atoms with Crippen LogP contribution >= 0.6 is 0 Å². The van der Waals surface area contributed by atoms with Gasteiger partial charge in [0.2, 0.25) is 11.8 Å². The van der Waals surface area contributed by atoms with Crippen LogP contribution in [0.2, 0.25) is 0 Å². The van der Waals surface area contributed by atoms with E-state index in [0.717, 1.165) is 42.6 Å². The molecule has 0 spiro atoms. The van der Waals surface area contributed by atoms with Crippen LogP contribution in [0.15, 0.2) is 42.5 Å². The molecule has 26 heavy (non-hydrogen) atoms. The average Bonchev–Trinajstić information content (AvgIpc) is 2.86. The summed E-state index contributed by atoms with van der Waals surface area (Å²) in [5.41, 5.74) is 2.93. The zero-order valence-corrected chi connectivity index (χ0v) is 15.2. The average molecular weight is 349 g/mol. The van der Waals surface area contributed by atoms with Crippen LogP contribution < -0.4 is 9.64 Å². The Morgan fingerprint density at radius 3 is 1.88 bits per heavy atom. The summed E-state index contributed by atoms with van der Waals surface area (Å²) in [5, 5.41) is 0. The fraction of sp³-hybridized carbons (Fsp3) is 0.364. The first kappa shape index (κ1) is 16.8. The van der Waals surface area contributed by atoms with Gasteiger partial charge in [-0.15, -0.1) is 0 Å². The summed E-state index contributed by atoms with van der Waals surface area (Å²) in [6.07, 6.45) is 3.74. The van der Waals surface area contributed by atoms with E-state index >= 15 is 0 Å². The summed E-state index contributed by atoms with van der Waals surface area (Å²) in [6, 6.07) is 13.3. The lowest BCUT2D eigenvalue weighted by Crippen LogP contribution is -2.30. The van der Waals surface area contributed by atoms with Crippen molar-refractivity contribution in [2.75, 3.05) is 4.90 Å². The van der Waals surface area contributed by atoms with E-state index in [1.54, 1.807) is 12.1 Å². The molecule has 0 unspecified atom stereocenters. The highest BCUT2D eigenvalue weighted by molar-refractivity contribution is 6.22. The van der Waals surface area contributed by atoms with Crippen LogP contribution in [0.5, 0.6) is 11.5 Å². The van der Waals surface area contributed by atoms with Crippen molar-refractivity contribution in [3.8, 4) is 11.5 Å². The van der Waals surface area contributed by atoms with Crippen LogP contribution in [0, 0.1) is 25.7 Å². The Morgan fingerprint density at radius 2 is 1.35 bits per heavy atom. The number of nitrogens with zero attached hydrogens (tertiary/aromatic N) is 1. The molecule has 0 N–H and O–H groups in total. The maximum absolute atomic E-state index is 12.7.